The second-order valence-corrected chi connectivity index (χ2v) is 5.57. The van der Waals surface area contributed by atoms with E-state index < -0.39 is 5.97 Å². The van der Waals surface area contributed by atoms with Gasteiger partial charge in [-0.05, 0) is 36.4 Å². The lowest BCUT2D eigenvalue weighted by Gasteiger charge is -2.07. The fourth-order valence-electron chi connectivity index (χ4n) is 2.53. The average molecular weight is 360 g/mol. The lowest BCUT2D eigenvalue weighted by Crippen LogP contribution is -2.05. The molecular formula is C19H12N4O4. The summed E-state index contributed by atoms with van der Waals surface area (Å²) in [6.07, 6.45) is 2.60. The number of rotatable bonds is 5. The highest BCUT2D eigenvalue weighted by Crippen LogP contribution is 2.23. The lowest BCUT2D eigenvalue weighted by atomic mass is 10.1. The number of carboxylic acids is 1. The first-order chi connectivity index (χ1) is 13.1. The molecule has 0 aliphatic rings. The SMILES string of the molecule is O=C(c1ccc(Oc2nccnc2C(=O)O)cc1)c1nc2ccccc2[nH]1. The Kier molecular flexibility index (Phi) is 4.06. The van der Waals surface area contributed by atoms with Crippen molar-refractivity contribution in [3.05, 3.63) is 78.0 Å². The second-order valence-electron chi connectivity index (χ2n) is 5.57. The predicted molar refractivity (Wildman–Crippen MR) is 95.0 cm³/mol. The zero-order chi connectivity index (χ0) is 18.8. The van der Waals surface area contributed by atoms with Crippen molar-refractivity contribution in [2.45, 2.75) is 0 Å². The van der Waals surface area contributed by atoms with Gasteiger partial charge in [0, 0.05) is 18.0 Å². The first kappa shape index (κ1) is 16.4. The van der Waals surface area contributed by atoms with E-state index in [1.807, 2.05) is 24.3 Å². The van der Waals surface area contributed by atoms with Gasteiger partial charge in [-0.15, -0.1) is 0 Å². The van der Waals surface area contributed by atoms with Gasteiger partial charge in [-0.25, -0.2) is 19.7 Å². The zero-order valence-corrected chi connectivity index (χ0v) is 13.8. The van der Waals surface area contributed by atoms with Gasteiger partial charge in [-0.2, -0.15) is 0 Å². The van der Waals surface area contributed by atoms with E-state index in [1.54, 1.807) is 24.3 Å². The topological polar surface area (TPSA) is 118 Å². The summed E-state index contributed by atoms with van der Waals surface area (Å²) in [4.78, 5) is 38.6. The summed E-state index contributed by atoms with van der Waals surface area (Å²) >= 11 is 0. The maximum atomic E-state index is 12.6. The molecule has 8 nitrogen and oxygen atoms in total. The number of hydrogen-bond acceptors (Lipinski definition) is 6. The van der Waals surface area contributed by atoms with Crippen molar-refractivity contribution < 1.29 is 19.4 Å². The van der Waals surface area contributed by atoms with E-state index in [9.17, 15) is 9.59 Å². The number of para-hydroxylation sites is 2. The number of aromatic amines is 1. The Morgan fingerprint density at radius 3 is 2.44 bits per heavy atom. The molecule has 0 spiro atoms. The molecule has 0 aliphatic heterocycles. The summed E-state index contributed by atoms with van der Waals surface area (Å²) < 4.78 is 5.47. The fraction of sp³-hybridized carbons (Fsp3) is 0. The van der Waals surface area contributed by atoms with Gasteiger partial charge in [0.25, 0.3) is 5.88 Å². The van der Waals surface area contributed by atoms with Crippen molar-refractivity contribution in [1.82, 2.24) is 19.9 Å². The Hall–Kier alpha value is -4.07. The molecule has 27 heavy (non-hydrogen) atoms. The van der Waals surface area contributed by atoms with Crippen LogP contribution >= 0.6 is 0 Å². The summed E-state index contributed by atoms with van der Waals surface area (Å²) in [6.45, 7) is 0. The Morgan fingerprint density at radius 2 is 1.70 bits per heavy atom. The molecule has 2 aromatic carbocycles. The standard InChI is InChI=1S/C19H12N4O4/c24-16(17-22-13-3-1-2-4-14(13)23-17)11-5-7-12(8-6-11)27-18-15(19(25)26)20-9-10-21-18/h1-10H,(H,22,23)(H,25,26). The molecule has 0 aliphatic carbocycles. The molecule has 2 heterocycles. The van der Waals surface area contributed by atoms with Crippen molar-refractivity contribution in [1.29, 1.82) is 0 Å². The number of aromatic carboxylic acids is 1. The molecule has 132 valence electrons. The molecule has 0 saturated heterocycles. The number of H-pyrrole nitrogens is 1. The zero-order valence-electron chi connectivity index (χ0n) is 13.8. The van der Waals surface area contributed by atoms with E-state index in [4.69, 9.17) is 9.84 Å². The van der Waals surface area contributed by atoms with Crippen LogP contribution in [0, 0.1) is 0 Å². The smallest absolute Gasteiger partial charge is 0.360 e. The van der Waals surface area contributed by atoms with E-state index in [0.717, 1.165) is 5.52 Å². The number of ketones is 1. The Labute approximate surface area is 152 Å². The van der Waals surface area contributed by atoms with Crippen LogP contribution < -0.4 is 4.74 Å². The minimum atomic E-state index is -1.24. The highest BCUT2D eigenvalue weighted by molar-refractivity contribution is 6.08. The van der Waals surface area contributed by atoms with Crippen molar-refractivity contribution in [2.75, 3.05) is 0 Å². The molecule has 0 radical (unpaired) electrons. The molecule has 4 aromatic rings. The molecule has 2 N–H and O–H groups in total. The van der Waals surface area contributed by atoms with Gasteiger partial charge >= 0.3 is 5.97 Å². The molecule has 8 heteroatoms. The first-order valence-electron chi connectivity index (χ1n) is 7.93. The summed E-state index contributed by atoms with van der Waals surface area (Å²) in [5.41, 5.74) is 1.62. The number of hydrogen-bond donors (Lipinski definition) is 2. The second kappa shape index (κ2) is 6.68. The van der Waals surface area contributed by atoms with Crippen LogP contribution in [0.1, 0.15) is 26.7 Å². The van der Waals surface area contributed by atoms with Crippen LogP contribution in [0.25, 0.3) is 11.0 Å². The van der Waals surface area contributed by atoms with Crippen LogP contribution in [-0.2, 0) is 0 Å². The number of aromatic nitrogens is 4. The minimum Gasteiger partial charge on any atom is -0.476 e. The molecule has 2 aromatic heterocycles. The number of nitrogens with zero attached hydrogens (tertiary/aromatic N) is 3. The molecule has 0 fully saturated rings. The maximum Gasteiger partial charge on any atom is 0.360 e. The van der Waals surface area contributed by atoms with Crippen molar-refractivity contribution in [3.8, 4) is 11.6 Å². The molecule has 0 bridgehead atoms. The normalized spacial score (nSPS) is 10.7. The highest BCUT2D eigenvalue weighted by atomic mass is 16.5. The largest absolute Gasteiger partial charge is 0.476 e. The number of nitrogens with one attached hydrogen (secondary N) is 1. The minimum absolute atomic E-state index is 0.124. The van der Waals surface area contributed by atoms with Crippen LogP contribution in [0.15, 0.2) is 60.9 Å². The van der Waals surface area contributed by atoms with Crippen molar-refractivity contribution in [3.63, 3.8) is 0 Å². The van der Waals surface area contributed by atoms with Gasteiger partial charge < -0.3 is 14.8 Å². The maximum absolute atomic E-state index is 12.6. The fourth-order valence-corrected chi connectivity index (χ4v) is 2.53. The monoisotopic (exact) mass is 360 g/mol. The van der Waals surface area contributed by atoms with E-state index in [0.29, 0.717) is 16.8 Å². The summed E-state index contributed by atoms with van der Waals surface area (Å²) in [7, 11) is 0. The summed E-state index contributed by atoms with van der Waals surface area (Å²) in [6, 6.07) is 13.6. The van der Waals surface area contributed by atoms with Gasteiger partial charge in [0.15, 0.2) is 5.82 Å². The van der Waals surface area contributed by atoms with Gasteiger partial charge in [0.1, 0.15) is 5.75 Å². The molecule has 0 atom stereocenters. The summed E-state index contributed by atoms with van der Waals surface area (Å²) in [5.74, 6) is -1.05. The van der Waals surface area contributed by atoms with Crippen LogP contribution in [0.4, 0.5) is 0 Å². The number of carboxylic acid groups (broad SMARTS) is 1. The van der Waals surface area contributed by atoms with Crippen LogP contribution in [0.2, 0.25) is 0 Å². The Balaban J connectivity index is 1.57. The number of benzene rings is 2. The van der Waals surface area contributed by atoms with Crippen LogP contribution in [0.5, 0.6) is 11.6 Å². The summed E-state index contributed by atoms with van der Waals surface area (Å²) in [5, 5.41) is 9.11. The van der Waals surface area contributed by atoms with E-state index in [1.165, 1.54) is 12.4 Å². The predicted octanol–water partition coefficient (Wildman–Crippen LogP) is 3.07. The molecule has 4 rings (SSSR count). The van der Waals surface area contributed by atoms with Crippen molar-refractivity contribution in [2.24, 2.45) is 0 Å². The quantitative estimate of drug-likeness (QED) is 0.525. The molecule has 0 unspecified atom stereocenters. The van der Waals surface area contributed by atoms with E-state index >= 15 is 0 Å². The number of carbonyl (C=O) groups excluding carboxylic acids is 1. The number of carbonyl (C=O) groups is 2. The Bertz CT molecular complexity index is 1120. The highest BCUT2D eigenvalue weighted by Gasteiger charge is 2.16. The first-order valence-corrected chi connectivity index (χ1v) is 7.93. The molecular weight excluding hydrogens is 348 g/mol. The third-order valence-electron chi connectivity index (χ3n) is 3.80. The molecule has 0 amide bonds. The third kappa shape index (κ3) is 3.23. The van der Waals surface area contributed by atoms with Crippen LogP contribution in [0.3, 0.4) is 0 Å². The third-order valence-corrected chi connectivity index (χ3v) is 3.80. The van der Waals surface area contributed by atoms with Gasteiger partial charge in [-0.1, -0.05) is 12.1 Å². The average Bonchev–Trinajstić information content (AvgIpc) is 3.12. The van der Waals surface area contributed by atoms with Gasteiger partial charge in [-0.3, -0.25) is 4.79 Å². The number of imidazole rings is 1. The van der Waals surface area contributed by atoms with Crippen molar-refractivity contribution >= 4 is 22.8 Å². The van der Waals surface area contributed by atoms with Crippen LogP contribution in [-0.4, -0.2) is 36.8 Å². The van der Waals surface area contributed by atoms with E-state index in [-0.39, 0.29) is 23.2 Å². The molecule has 0 saturated carbocycles. The lowest BCUT2D eigenvalue weighted by molar-refractivity contribution is 0.0686. The van der Waals surface area contributed by atoms with Gasteiger partial charge in [0.05, 0.1) is 11.0 Å². The van der Waals surface area contributed by atoms with Gasteiger partial charge in [0.2, 0.25) is 11.5 Å². The number of fused-ring (bicyclic) bond motifs is 1. The van der Waals surface area contributed by atoms with E-state index in [2.05, 4.69) is 19.9 Å². The Morgan fingerprint density at radius 1 is 0.963 bits per heavy atom. The number of ether oxygens (including phenoxy) is 1.